The number of nitrogens with zero attached hydrogens (tertiary/aromatic N) is 2. The fourth-order valence-electron chi connectivity index (χ4n) is 2.09. The molecule has 5 N–H and O–H groups in total. The van der Waals surface area contributed by atoms with Crippen molar-refractivity contribution in [2.24, 2.45) is 10.7 Å². The molecule has 0 aromatic heterocycles. The maximum Gasteiger partial charge on any atom is 0.167 e. The first-order valence-corrected chi connectivity index (χ1v) is 5.54. The average Bonchev–Trinajstić information content (AvgIpc) is 2.52. The molecule has 2 aliphatic heterocycles. The average molecular weight is 255 g/mol. The maximum atomic E-state index is 10.3. The van der Waals surface area contributed by atoms with Crippen LogP contribution in [0.2, 0.25) is 0 Å². The predicted octanol–water partition coefficient (Wildman–Crippen LogP) is -1.53. The molecule has 0 radical (unpaired) electrons. The quantitative estimate of drug-likeness (QED) is 0.476. The Morgan fingerprint density at radius 1 is 1.67 bits per heavy atom. The molecule has 7 nitrogen and oxygen atoms in total. The highest BCUT2D eigenvalue weighted by Crippen LogP contribution is 2.35. The molecule has 0 saturated carbocycles. The van der Waals surface area contributed by atoms with Crippen LogP contribution in [0.15, 0.2) is 29.7 Å². The van der Waals surface area contributed by atoms with Gasteiger partial charge in [0.05, 0.1) is 6.61 Å². The van der Waals surface area contributed by atoms with Crippen molar-refractivity contribution in [3.05, 3.63) is 24.7 Å². The molecule has 100 valence electrons. The molecule has 7 heteroatoms. The number of hydrogen-bond acceptors (Lipinski definition) is 7. The lowest BCUT2D eigenvalue weighted by Gasteiger charge is -2.35. The SMILES string of the molecule is C=C1N=C(N)C=CN1C1OC(CO)C(O)C1(C)O. The lowest BCUT2D eigenvalue weighted by atomic mass is 9.96. The highest BCUT2D eigenvalue weighted by molar-refractivity contribution is 5.92. The first kappa shape index (κ1) is 13.0. The van der Waals surface area contributed by atoms with Crippen LogP contribution in [0.4, 0.5) is 0 Å². The van der Waals surface area contributed by atoms with Crippen LogP contribution >= 0.6 is 0 Å². The molecular formula is C11H17N3O4. The fourth-order valence-corrected chi connectivity index (χ4v) is 2.09. The van der Waals surface area contributed by atoms with E-state index in [9.17, 15) is 10.2 Å². The Balaban J connectivity index is 2.25. The molecule has 18 heavy (non-hydrogen) atoms. The largest absolute Gasteiger partial charge is 0.394 e. The highest BCUT2D eigenvalue weighted by atomic mass is 16.6. The van der Waals surface area contributed by atoms with E-state index in [-0.39, 0.29) is 6.61 Å². The van der Waals surface area contributed by atoms with Crippen molar-refractivity contribution in [1.29, 1.82) is 0 Å². The first-order chi connectivity index (χ1) is 8.37. The molecule has 1 saturated heterocycles. The molecule has 0 aromatic rings. The summed E-state index contributed by atoms with van der Waals surface area (Å²) in [6, 6.07) is 0. The highest BCUT2D eigenvalue weighted by Gasteiger charge is 2.54. The fraction of sp³-hybridized carbons (Fsp3) is 0.545. The summed E-state index contributed by atoms with van der Waals surface area (Å²) in [5, 5.41) is 29.2. The van der Waals surface area contributed by atoms with Crippen LogP contribution in [0.5, 0.6) is 0 Å². The monoisotopic (exact) mass is 255 g/mol. The number of nitrogens with two attached hydrogens (primary N) is 1. The van der Waals surface area contributed by atoms with E-state index in [2.05, 4.69) is 11.6 Å². The molecule has 2 rings (SSSR count). The van der Waals surface area contributed by atoms with E-state index in [0.29, 0.717) is 11.7 Å². The molecular weight excluding hydrogens is 238 g/mol. The second-order valence-electron chi connectivity index (χ2n) is 4.56. The second-order valence-corrected chi connectivity index (χ2v) is 4.56. The number of hydrogen-bond donors (Lipinski definition) is 4. The topological polar surface area (TPSA) is 112 Å². The zero-order chi connectivity index (χ0) is 13.5. The summed E-state index contributed by atoms with van der Waals surface area (Å²) >= 11 is 0. The molecule has 2 heterocycles. The van der Waals surface area contributed by atoms with Crippen molar-refractivity contribution >= 4 is 5.84 Å². The Morgan fingerprint density at radius 3 is 2.83 bits per heavy atom. The third kappa shape index (κ3) is 1.91. The van der Waals surface area contributed by atoms with Gasteiger partial charge in [0.25, 0.3) is 0 Å². The van der Waals surface area contributed by atoms with Crippen LogP contribution in [0.1, 0.15) is 6.92 Å². The number of rotatable bonds is 2. The van der Waals surface area contributed by atoms with Gasteiger partial charge in [-0.05, 0) is 13.0 Å². The third-order valence-corrected chi connectivity index (χ3v) is 3.15. The van der Waals surface area contributed by atoms with E-state index in [0.717, 1.165) is 0 Å². The molecule has 0 amide bonds. The number of amidine groups is 1. The van der Waals surface area contributed by atoms with Gasteiger partial charge >= 0.3 is 0 Å². The van der Waals surface area contributed by atoms with Crippen LogP contribution in [0.3, 0.4) is 0 Å². The Labute approximate surface area is 104 Å². The van der Waals surface area contributed by atoms with Crippen molar-refractivity contribution in [1.82, 2.24) is 4.90 Å². The Morgan fingerprint density at radius 2 is 2.33 bits per heavy atom. The molecule has 0 bridgehead atoms. The van der Waals surface area contributed by atoms with Gasteiger partial charge in [0, 0.05) is 6.20 Å². The minimum Gasteiger partial charge on any atom is -0.394 e. The van der Waals surface area contributed by atoms with E-state index < -0.39 is 24.0 Å². The molecule has 1 fully saturated rings. The molecule has 2 aliphatic rings. The molecule has 0 aliphatic carbocycles. The molecule has 4 atom stereocenters. The second kappa shape index (κ2) is 4.36. The number of ether oxygens (including phenoxy) is 1. The van der Waals surface area contributed by atoms with E-state index >= 15 is 0 Å². The van der Waals surface area contributed by atoms with Crippen LogP contribution in [-0.2, 0) is 4.74 Å². The van der Waals surface area contributed by atoms with Gasteiger partial charge < -0.3 is 30.7 Å². The van der Waals surface area contributed by atoms with Crippen LogP contribution in [-0.4, -0.2) is 56.7 Å². The number of aliphatic hydroxyl groups excluding tert-OH is 2. The van der Waals surface area contributed by atoms with Crippen molar-refractivity contribution in [3.63, 3.8) is 0 Å². The van der Waals surface area contributed by atoms with Crippen LogP contribution in [0.25, 0.3) is 0 Å². The van der Waals surface area contributed by atoms with E-state index in [1.165, 1.54) is 17.9 Å². The lowest BCUT2D eigenvalue weighted by molar-refractivity contribution is -0.110. The van der Waals surface area contributed by atoms with Crippen molar-refractivity contribution < 1.29 is 20.1 Å². The van der Waals surface area contributed by atoms with Crippen LogP contribution in [0, 0.1) is 0 Å². The summed E-state index contributed by atoms with van der Waals surface area (Å²) in [4.78, 5) is 5.42. The molecule has 0 spiro atoms. The van der Waals surface area contributed by atoms with Crippen molar-refractivity contribution in [3.8, 4) is 0 Å². The lowest BCUT2D eigenvalue weighted by Crippen LogP contribution is -2.51. The minimum absolute atomic E-state index is 0.297. The van der Waals surface area contributed by atoms with Gasteiger partial charge in [0.1, 0.15) is 29.5 Å². The number of aliphatic imine (C=N–C) groups is 1. The summed E-state index contributed by atoms with van der Waals surface area (Å²) in [5.41, 5.74) is 3.96. The van der Waals surface area contributed by atoms with Gasteiger partial charge in [-0.3, -0.25) is 0 Å². The Bertz CT molecular complexity index is 419. The summed E-state index contributed by atoms with van der Waals surface area (Å²) in [5.74, 6) is 0.596. The van der Waals surface area contributed by atoms with E-state index in [1.807, 2.05) is 0 Å². The van der Waals surface area contributed by atoms with Gasteiger partial charge in [-0.25, -0.2) is 4.99 Å². The maximum absolute atomic E-state index is 10.3. The third-order valence-electron chi connectivity index (χ3n) is 3.15. The van der Waals surface area contributed by atoms with Crippen molar-refractivity contribution in [2.45, 2.75) is 31.0 Å². The van der Waals surface area contributed by atoms with Gasteiger partial charge in [-0.2, -0.15) is 0 Å². The molecule has 0 aromatic carbocycles. The van der Waals surface area contributed by atoms with E-state index in [1.54, 1.807) is 6.20 Å². The predicted molar refractivity (Wildman–Crippen MR) is 64.1 cm³/mol. The number of aliphatic hydroxyl groups is 3. The summed E-state index contributed by atoms with van der Waals surface area (Å²) < 4.78 is 5.44. The van der Waals surface area contributed by atoms with Gasteiger partial charge in [0.15, 0.2) is 6.23 Å². The van der Waals surface area contributed by atoms with Crippen LogP contribution < -0.4 is 5.73 Å². The summed E-state index contributed by atoms with van der Waals surface area (Å²) in [6.45, 7) is 4.75. The summed E-state index contributed by atoms with van der Waals surface area (Å²) in [6.07, 6.45) is 0.167. The Hall–Kier alpha value is -1.41. The Kier molecular flexibility index (Phi) is 3.16. The zero-order valence-corrected chi connectivity index (χ0v) is 10.0. The zero-order valence-electron chi connectivity index (χ0n) is 10.0. The van der Waals surface area contributed by atoms with E-state index in [4.69, 9.17) is 15.6 Å². The van der Waals surface area contributed by atoms with Crippen molar-refractivity contribution in [2.75, 3.05) is 6.61 Å². The minimum atomic E-state index is -1.55. The summed E-state index contributed by atoms with van der Waals surface area (Å²) in [7, 11) is 0. The van der Waals surface area contributed by atoms with Gasteiger partial charge in [0.2, 0.25) is 0 Å². The van der Waals surface area contributed by atoms with Gasteiger partial charge in [-0.15, -0.1) is 0 Å². The molecule has 4 unspecified atom stereocenters. The normalized spacial score (nSPS) is 40.2. The van der Waals surface area contributed by atoms with Gasteiger partial charge in [-0.1, -0.05) is 6.58 Å². The first-order valence-electron chi connectivity index (χ1n) is 5.54. The standard InChI is InChI=1S/C11H17N3O4/c1-6-13-8(12)3-4-14(6)10-11(2,17)9(16)7(5-15)18-10/h3-4,7,9-10,15-17H,1,5H2,2H3,(H2,12,13). The smallest absolute Gasteiger partial charge is 0.167 e.